The van der Waals surface area contributed by atoms with Crippen LogP contribution in [0.25, 0.3) is 0 Å². The van der Waals surface area contributed by atoms with Gasteiger partial charge >= 0.3 is 0 Å². The number of hydrogen-bond donors (Lipinski definition) is 5. The molecule has 0 fully saturated rings. The summed E-state index contributed by atoms with van der Waals surface area (Å²) < 4.78 is 0.558. The highest BCUT2D eigenvalue weighted by Gasteiger charge is 2.05. The second-order valence-corrected chi connectivity index (χ2v) is 2.31. The highest BCUT2D eigenvalue weighted by Crippen LogP contribution is 2.14. The van der Waals surface area contributed by atoms with E-state index in [9.17, 15) is 0 Å². The third kappa shape index (κ3) is 1.03. The van der Waals surface area contributed by atoms with Gasteiger partial charge in [-0.2, -0.15) is 4.73 Å². The maximum Gasteiger partial charge on any atom is 0.188 e. The van der Waals surface area contributed by atoms with Crippen molar-refractivity contribution in [2.75, 3.05) is 23.8 Å². The zero-order valence-electron chi connectivity index (χ0n) is 6.63. The van der Waals surface area contributed by atoms with Gasteiger partial charge in [-0.05, 0) is 0 Å². The molecule has 1 aromatic heterocycles. The van der Waals surface area contributed by atoms with Crippen molar-refractivity contribution in [3.63, 3.8) is 0 Å². The molecular weight excluding hydrogens is 158 g/mol. The van der Waals surface area contributed by atoms with Gasteiger partial charge in [-0.25, -0.2) is 0 Å². The minimum atomic E-state index is -0.157. The maximum absolute atomic E-state index is 9.15. The monoisotopic (exact) mass is 169 g/mol. The molecule has 6 nitrogen and oxygen atoms in total. The molecule has 0 atom stereocenters. The molecule has 0 amide bonds. The van der Waals surface area contributed by atoms with Crippen LogP contribution in [0.2, 0.25) is 0 Å². The molecule has 1 aromatic rings. The predicted molar refractivity (Wildman–Crippen MR) is 45.8 cm³/mol. The largest absolute Gasteiger partial charge is 0.425 e. The lowest BCUT2D eigenvalue weighted by molar-refractivity contribution is 0.178. The van der Waals surface area contributed by atoms with Gasteiger partial charge in [-0.3, -0.25) is 5.41 Å². The number of nitrogen functional groups attached to an aromatic ring is 2. The van der Waals surface area contributed by atoms with Crippen molar-refractivity contribution in [1.29, 1.82) is 5.41 Å². The van der Waals surface area contributed by atoms with Gasteiger partial charge in [-0.15, -0.1) is 0 Å². The van der Waals surface area contributed by atoms with Crippen molar-refractivity contribution in [3.8, 4) is 0 Å². The summed E-state index contributed by atoms with van der Waals surface area (Å²) in [7, 11) is 1.61. The number of pyridine rings is 1. The summed E-state index contributed by atoms with van der Waals surface area (Å²) in [5.74, 6) is 0.0384. The Morgan fingerprint density at radius 2 is 2.17 bits per heavy atom. The number of nitrogens with one attached hydrogen (secondary N) is 2. The fraction of sp³-hybridized carbons (Fsp3) is 0.167. The average Bonchev–Trinajstić information content (AvgIpc) is 2.01. The molecule has 0 saturated heterocycles. The molecule has 7 N–H and O–H groups in total. The Kier molecular flexibility index (Phi) is 1.82. The first-order valence-electron chi connectivity index (χ1n) is 3.30. The number of hydrogen-bond acceptors (Lipinski definition) is 5. The molecule has 0 aromatic carbocycles. The van der Waals surface area contributed by atoms with Gasteiger partial charge in [0.05, 0.1) is 5.69 Å². The summed E-state index contributed by atoms with van der Waals surface area (Å²) in [4.78, 5) is 0. The quantitative estimate of drug-likeness (QED) is 0.361. The first-order chi connectivity index (χ1) is 5.57. The third-order valence-electron chi connectivity index (χ3n) is 1.54. The highest BCUT2D eigenvalue weighted by molar-refractivity contribution is 5.67. The van der Waals surface area contributed by atoms with Crippen molar-refractivity contribution in [3.05, 3.63) is 11.6 Å². The van der Waals surface area contributed by atoms with Crippen LogP contribution in [0.3, 0.4) is 0 Å². The molecular formula is C6H11N5O. The molecule has 1 heterocycles. The Morgan fingerprint density at radius 3 is 2.67 bits per heavy atom. The SMILES string of the molecule is CNc1c(N)cc(N)n(O)c1=N. The summed E-state index contributed by atoms with van der Waals surface area (Å²) in [6.45, 7) is 0. The van der Waals surface area contributed by atoms with E-state index in [2.05, 4.69) is 5.32 Å². The summed E-state index contributed by atoms with van der Waals surface area (Å²) in [6.07, 6.45) is 0. The van der Waals surface area contributed by atoms with Crippen LogP contribution in [0.4, 0.5) is 17.2 Å². The third-order valence-corrected chi connectivity index (χ3v) is 1.54. The Morgan fingerprint density at radius 1 is 1.58 bits per heavy atom. The zero-order chi connectivity index (χ0) is 9.30. The molecule has 0 aliphatic carbocycles. The van der Waals surface area contributed by atoms with Gasteiger partial charge in [-0.1, -0.05) is 0 Å². The molecule has 0 spiro atoms. The minimum absolute atomic E-state index is 0.0384. The standard InChI is InChI=1S/C6H11N5O/c1-10-5-3(7)2-4(8)11(12)6(5)9/h2,9-10,12H,7-8H2,1H3. The number of aromatic nitrogens is 1. The molecule has 0 radical (unpaired) electrons. The van der Waals surface area contributed by atoms with Crippen LogP contribution < -0.4 is 22.3 Å². The fourth-order valence-electron chi connectivity index (χ4n) is 0.927. The Balaban J connectivity index is 3.52. The lowest BCUT2D eigenvalue weighted by Crippen LogP contribution is -2.24. The van der Waals surface area contributed by atoms with E-state index in [0.29, 0.717) is 16.1 Å². The second-order valence-electron chi connectivity index (χ2n) is 2.31. The zero-order valence-corrected chi connectivity index (χ0v) is 6.63. The van der Waals surface area contributed by atoms with Gasteiger partial charge in [0.2, 0.25) is 0 Å². The molecule has 66 valence electrons. The van der Waals surface area contributed by atoms with Crippen LogP contribution >= 0.6 is 0 Å². The Labute approximate surface area is 68.9 Å². The molecule has 6 heteroatoms. The van der Waals surface area contributed by atoms with Crippen LogP contribution in [-0.2, 0) is 0 Å². The topological polar surface area (TPSA) is 113 Å². The van der Waals surface area contributed by atoms with Crippen molar-refractivity contribution in [2.24, 2.45) is 0 Å². The number of anilines is 3. The molecule has 0 saturated carbocycles. The average molecular weight is 169 g/mol. The van der Waals surface area contributed by atoms with E-state index in [4.69, 9.17) is 22.1 Å². The van der Waals surface area contributed by atoms with Crippen molar-refractivity contribution >= 4 is 17.2 Å². The van der Waals surface area contributed by atoms with Crippen LogP contribution in [0, 0.1) is 5.41 Å². The maximum atomic E-state index is 9.15. The lowest BCUT2D eigenvalue weighted by Gasteiger charge is -2.09. The van der Waals surface area contributed by atoms with Gasteiger partial charge in [0, 0.05) is 13.1 Å². The smallest absolute Gasteiger partial charge is 0.188 e. The summed E-state index contributed by atoms with van der Waals surface area (Å²) in [5, 5.41) is 19.2. The van der Waals surface area contributed by atoms with E-state index < -0.39 is 0 Å². The normalized spacial score (nSPS) is 9.75. The molecule has 0 unspecified atom stereocenters. The summed E-state index contributed by atoms with van der Waals surface area (Å²) in [5.41, 5.74) is 11.4. The summed E-state index contributed by atoms with van der Waals surface area (Å²) >= 11 is 0. The molecule has 0 aliphatic heterocycles. The number of nitrogens with two attached hydrogens (primary N) is 2. The highest BCUT2D eigenvalue weighted by atomic mass is 16.5. The van der Waals surface area contributed by atoms with E-state index in [1.807, 2.05) is 0 Å². The lowest BCUT2D eigenvalue weighted by atomic mass is 10.3. The van der Waals surface area contributed by atoms with E-state index >= 15 is 0 Å². The van der Waals surface area contributed by atoms with Crippen molar-refractivity contribution < 1.29 is 5.21 Å². The first-order valence-corrected chi connectivity index (χ1v) is 3.30. The van der Waals surface area contributed by atoms with Gasteiger partial charge < -0.3 is 22.0 Å². The van der Waals surface area contributed by atoms with Crippen LogP contribution in [-0.4, -0.2) is 17.0 Å². The molecule has 1 rings (SSSR count). The molecule has 0 bridgehead atoms. The predicted octanol–water partition coefficient (Wildman–Crippen LogP) is -0.589. The Hall–Kier alpha value is -1.85. The van der Waals surface area contributed by atoms with E-state index in [1.54, 1.807) is 7.05 Å². The fourth-order valence-corrected chi connectivity index (χ4v) is 0.927. The van der Waals surface area contributed by atoms with Gasteiger partial charge in [0.25, 0.3) is 0 Å². The Bertz CT molecular complexity index is 356. The van der Waals surface area contributed by atoms with Gasteiger partial charge in [0.1, 0.15) is 11.5 Å². The number of nitrogens with zero attached hydrogens (tertiary/aromatic N) is 1. The number of rotatable bonds is 1. The van der Waals surface area contributed by atoms with E-state index in [1.165, 1.54) is 6.07 Å². The van der Waals surface area contributed by atoms with Gasteiger partial charge in [0.15, 0.2) is 5.49 Å². The van der Waals surface area contributed by atoms with Crippen molar-refractivity contribution in [1.82, 2.24) is 4.73 Å². The minimum Gasteiger partial charge on any atom is -0.425 e. The molecule has 12 heavy (non-hydrogen) atoms. The van der Waals surface area contributed by atoms with E-state index in [-0.39, 0.29) is 11.3 Å². The summed E-state index contributed by atoms with van der Waals surface area (Å²) in [6, 6.07) is 1.38. The van der Waals surface area contributed by atoms with Crippen LogP contribution in [0.5, 0.6) is 0 Å². The van der Waals surface area contributed by atoms with Crippen LogP contribution in [0.1, 0.15) is 0 Å². The van der Waals surface area contributed by atoms with E-state index in [0.717, 1.165) is 0 Å². The van der Waals surface area contributed by atoms with Crippen molar-refractivity contribution in [2.45, 2.75) is 0 Å². The first kappa shape index (κ1) is 8.25. The second kappa shape index (κ2) is 2.65. The molecule has 0 aliphatic rings. The van der Waals surface area contributed by atoms with Crippen LogP contribution in [0.15, 0.2) is 6.07 Å².